The van der Waals surface area contributed by atoms with E-state index in [1.807, 2.05) is 0 Å². The summed E-state index contributed by atoms with van der Waals surface area (Å²) in [4.78, 5) is 0. The molecule has 0 N–H and O–H groups in total. The molecule has 32 heavy (non-hydrogen) atoms. The Hall–Kier alpha value is -0.420. The Bertz CT molecular complexity index is 638. The van der Waals surface area contributed by atoms with Gasteiger partial charge in [0.2, 0.25) is 0 Å². The van der Waals surface area contributed by atoms with Gasteiger partial charge in [-0.05, 0) is 103 Å². The second-order valence-electron chi connectivity index (χ2n) is 9.53. The van der Waals surface area contributed by atoms with E-state index in [2.05, 4.69) is 82.1 Å². The van der Waals surface area contributed by atoms with E-state index in [0.717, 1.165) is 38.9 Å². The van der Waals surface area contributed by atoms with Crippen molar-refractivity contribution < 1.29 is 9.47 Å². The fourth-order valence-corrected chi connectivity index (χ4v) is 7.04. The van der Waals surface area contributed by atoms with Gasteiger partial charge < -0.3 is 9.47 Å². The van der Waals surface area contributed by atoms with Gasteiger partial charge in [-0.3, -0.25) is 0 Å². The average molecular weight is 479 g/mol. The van der Waals surface area contributed by atoms with Gasteiger partial charge in [-0.1, -0.05) is 47.6 Å². The zero-order valence-electron chi connectivity index (χ0n) is 21.0. The molecule has 2 rings (SSSR count). The SMILES string of the molecule is C=C(C)C(/C=C/C(C)=C\CCOC1CCCCO1)CC/C(C)=C/CCC1(C)SCCCS1. The van der Waals surface area contributed by atoms with Crippen molar-refractivity contribution in [3.8, 4) is 0 Å². The van der Waals surface area contributed by atoms with Crippen LogP contribution < -0.4 is 0 Å². The molecule has 2 aliphatic heterocycles. The van der Waals surface area contributed by atoms with Gasteiger partial charge in [0.15, 0.2) is 6.29 Å². The lowest BCUT2D eigenvalue weighted by Gasteiger charge is -2.32. The Morgan fingerprint density at radius 3 is 2.59 bits per heavy atom. The number of hydrogen-bond acceptors (Lipinski definition) is 4. The van der Waals surface area contributed by atoms with Crippen molar-refractivity contribution in [2.24, 2.45) is 5.92 Å². The fraction of sp³-hybridized carbons (Fsp3) is 0.714. The van der Waals surface area contributed by atoms with Crippen LogP contribution >= 0.6 is 23.5 Å². The van der Waals surface area contributed by atoms with Crippen LogP contribution in [0.1, 0.15) is 85.5 Å². The van der Waals surface area contributed by atoms with Crippen molar-refractivity contribution in [3.63, 3.8) is 0 Å². The second kappa shape index (κ2) is 15.5. The molecule has 0 amide bonds. The van der Waals surface area contributed by atoms with Crippen molar-refractivity contribution in [1.82, 2.24) is 0 Å². The van der Waals surface area contributed by atoms with Crippen LogP contribution in [0.25, 0.3) is 0 Å². The van der Waals surface area contributed by atoms with Gasteiger partial charge in [0.1, 0.15) is 0 Å². The predicted molar refractivity (Wildman–Crippen MR) is 146 cm³/mol. The Morgan fingerprint density at radius 2 is 1.91 bits per heavy atom. The normalized spacial score (nSPS) is 23.4. The maximum Gasteiger partial charge on any atom is 0.157 e. The Balaban J connectivity index is 1.69. The first-order valence-electron chi connectivity index (χ1n) is 12.5. The van der Waals surface area contributed by atoms with E-state index in [1.165, 1.54) is 60.3 Å². The molecule has 0 aromatic heterocycles. The van der Waals surface area contributed by atoms with Gasteiger partial charge >= 0.3 is 0 Å². The van der Waals surface area contributed by atoms with Gasteiger partial charge in [0, 0.05) is 6.61 Å². The first-order valence-corrected chi connectivity index (χ1v) is 14.5. The topological polar surface area (TPSA) is 18.5 Å². The van der Waals surface area contributed by atoms with Gasteiger partial charge in [-0.25, -0.2) is 0 Å². The molecular weight excluding hydrogens is 432 g/mol. The van der Waals surface area contributed by atoms with E-state index in [-0.39, 0.29) is 6.29 Å². The molecule has 2 aliphatic rings. The molecule has 182 valence electrons. The summed E-state index contributed by atoms with van der Waals surface area (Å²) in [5.41, 5.74) is 4.07. The highest BCUT2D eigenvalue weighted by Gasteiger charge is 2.27. The third kappa shape index (κ3) is 11.6. The third-order valence-electron chi connectivity index (χ3n) is 6.29. The second-order valence-corrected chi connectivity index (χ2v) is 13.0. The van der Waals surface area contributed by atoms with Crippen LogP contribution in [-0.4, -0.2) is 35.1 Å². The minimum atomic E-state index is 0.0140. The molecule has 2 nitrogen and oxygen atoms in total. The maximum absolute atomic E-state index is 5.83. The summed E-state index contributed by atoms with van der Waals surface area (Å²) in [5, 5.41) is 0. The molecule has 0 aromatic rings. The van der Waals surface area contributed by atoms with Crippen LogP contribution in [-0.2, 0) is 9.47 Å². The lowest BCUT2D eigenvalue weighted by Crippen LogP contribution is -2.22. The number of rotatable bonds is 13. The van der Waals surface area contributed by atoms with Crippen LogP contribution in [0.3, 0.4) is 0 Å². The van der Waals surface area contributed by atoms with Crippen LogP contribution in [0.5, 0.6) is 0 Å². The lowest BCUT2D eigenvalue weighted by atomic mass is 9.93. The first kappa shape index (κ1) is 27.8. The number of hydrogen-bond donors (Lipinski definition) is 0. The lowest BCUT2D eigenvalue weighted by molar-refractivity contribution is -0.161. The molecule has 4 heteroatoms. The highest BCUT2D eigenvalue weighted by molar-refractivity contribution is 8.18. The molecule has 0 spiro atoms. The zero-order valence-corrected chi connectivity index (χ0v) is 22.6. The average Bonchev–Trinajstić information content (AvgIpc) is 2.77. The summed E-state index contributed by atoms with van der Waals surface area (Å²) in [6, 6.07) is 0. The molecule has 2 unspecified atom stereocenters. The summed E-state index contributed by atoms with van der Waals surface area (Å²) in [7, 11) is 0. The Morgan fingerprint density at radius 1 is 1.12 bits per heavy atom. The summed E-state index contributed by atoms with van der Waals surface area (Å²) >= 11 is 4.31. The summed E-state index contributed by atoms with van der Waals surface area (Å²) in [5.74, 6) is 3.10. The van der Waals surface area contributed by atoms with E-state index in [0.29, 0.717) is 10.00 Å². The largest absolute Gasteiger partial charge is 0.353 e. The van der Waals surface area contributed by atoms with Crippen molar-refractivity contribution >= 4 is 23.5 Å². The summed E-state index contributed by atoms with van der Waals surface area (Å²) in [6.07, 6.45) is 19.8. The molecule has 0 saturated carbocycles. The van der Waals surface area contributed by atoms with Gasteiger partial charge in [-0.2, -0.15) is 0 Å². The molecule has 2 saturated heterocycles. The summed E-state index contributed by atoms with van der Waals surface area (Å²) < 4.78 is 11.9. The Kier molecular flexibility index (Phi) is 13.5. The van der Waals surface area contributed by atoms with E-state index >= 15 is 0 Å². The van der Waals surface area contributed by atoms with Gasteiger partial charge in [0.05, 0.1) is 10.7 Å². The van der Waals surface area contributed by atoms with Crippen LogP contribution in [0.4, 0.5) is 0 Å². The van der Waals surface area contributed by atoms with E-state index in [9.17, 15) is 0 Å². The van der Waals surface area contributed by atoms with Crippen molar-refractivity contribution in [3.05, 3.63) is 47.6 Å². The van der Waals surface area contributed by atoms with Gasteiger partial charge in [-0.15, -0.1) is 23.5 Å². The molecule has 2 atom stereocenters. The van der Waals surface area contributed by atoms with Crippen molar-refractivity contribution in [2.45, 2.75) is 95.9 Å². The minimum absolute atomic E-state index is 0.0140. The van der Waals surface area contributed by atoms with Crippen LogP contribution in [0.15, 0.2) is 47.6 Å². The van der Waals surface area contributed by atoms with Crippen molar-refractivity contribution in [2.75, 3.05) is 24.7 Å². The number of allylic oxidation sites excluding steroid dienone is 6. The monoisotopic (exact) mass is 478 g/mol. The number of ether oxygens (including phenoxy) is 2. The quantitative estimate of drug-likeness (QED) is 0.150. The van der Waals surface area contributed by atoms with Crippen LogP contribution in [0.2, 0.25) is 0 Å². The van der Waals surface area contributed by atoms with Gasteiger partial charge in [0.25, 0.3) is 0 Å². The molecule has 0 radical (unpaired) electrons. The molecule has 0 aromatic carbocycles. The first-order chi connectivity index (χ1) is 15.4. The molecular formula is C28H46O2S2. The molecule has 0 bridgehead atoms. The van der Waals surface area contributed by atoms with E-state index in [4.69, 9.17) is 9.47 Å². The highest BCUT2D eigenvalue weighted by atomic mass is 32.2. The zero-order chi connectivity index (χ0) is 23.2. The molecule has 0 aliphatic carbocycles. The smallest absolute Gasteiger partial charge is 0.157 e. The minimum Gasteiger partial charge on any atom is -0.353 e. The summed E-state index contributed by atoms with van der Waals surface area (Å²) in [6.45, 7) is 14.9. The highest BCUT2D eigenvalue weighted by Crippen LogP contribution is 2.45. The van der Waals surface area contributed by atoms with E-state index in [1.54, 1.807) is 0 Å². The van der Waals surface area contributed by atoms with E-state index < -0.39 is 0 Å². The predicted octanol–water partition coefficient (Wildman–Crippen LogP) is 8.71. The van der Waals surface area contributed by atoms with Crippen molar-refractivity contribution in [1.29, 1.82) is 0 Å². The maximum atomic E-state index is 5.83. The number of thioether (sulfide) groups is 2. The third-order valence-corrected chi connectivity index (χ3v) is 9.62. The molecule has 2 heterocycles. The Labute approximate surface area is 206 Å². The van der Waals surface area contributed by atoms with Crippen LogP contribution in [0, 0.1) is 5.92 Å². The standard InChI is InChI=1S/C28H46O2S2/c1-23(2)26(16-14-24(3)11-8-18-28(5)31-21-10-22-32-28)17-15-25(4)12-9-20-30-27-13-6-7-19-29-27/h11-12,15,17,26-27H,1,6-10,13-14,16,18-22H2,2-5H3/b17-15+,24-11+,25-12-. The fourth-order valence-electron chi connectivity index (χ4n) is 4.06. The molecule has 2 fully saturated rings.